The number of nitrogens with zero attached hydrogens (tertiary/aromatic N) is 2. The van der Waals surface area contributed by atoms with Gasteiger partial charge in [0.15, 0.2) is 0 Å². The molecular formula is C25H30ClN4O2+. The molecule has 32 heavy (non-hydrogen) atoms. The summed E-state index contributed by atoms with van der Waals surface area (Å²) in [5, 5.41) is 3.90. The lowest BCUT2D eigenvalue weighted by molar-refractivity contribution is -0.880. The molecule has 0 radical (unpaired) electrons. The van der Waals surface area contributed by atoms with Crippen molar-refractivity contribution in [1.29, 1.82) is 0 Å². The molecule has 2 amide bonds. The summed E-state index contributed by atoms with van der Waals surface area (Å²) in [5.41, 5.74) is 9.11. The zero-order valence-electron chi connectivity index (χ0n) is 18.2. The number of hydrogen-bond donors (Lipinski definition) is 2. The van der Waals surface area contributed by atoms with Gasteiger partial charge in [-0.2, -0.15) is 0 Å². The monoisotopic (exact) mass is 453 g/mol. The van der Waals surface area contributed by atoms with E-state index in [9.17, 15) is 9.59 Å². The van der Waals surface area contributed by atoms with E-state index in [1.807, 2.05) is 36.4 Å². The first kappa shape index (κ1) is 21.6. The van der Waals surface area contributed by atoms with Crippen molar-refractivity contribution in [2.45, 2.75) is 44.3 Å². The minimum atomic E-state index is -0.110. The molecule has 168 valence electrons. The molecule has 0 bridgehead atoms. The van der Waals surface area contributed by atoms with Gasteiger partial charge in [0.05, 0.1) is 41.8 Å². The maximum Gasteiger partial charge on any atom is 0.346 e. The Kier molecular flexibility index (Phi) is 5.80. The van der Waals surface area contributed by atoms with Crippen LogP contribution in [0, 0.1) is 0 Å². The van der Waals surface area contributed by atoms with E-state index < -0.39 is 0 Å². The zero-order chi connectivity index (χ0) is 22.3. The molecule has 3 heterocycles. The normalized spacial score (nSPS) is 26.2. The van der Waals surface area contributed by atoms with E-state index in [4.69, 9.17) is 17.3 Å². The first-order valence-electron chi connectivity index (χ1n) is 11.6. The highest BCUT2D eigenvalue weighted by atomic mass is 35.5. The second kappa shape index (κ2) is 8.60. The second-order valence-corrected chi connectivity index (χ2v) is 9.73. The quantitative estimate of drug-likeness (QED) is 0.699. The van der Waals surface area contributed by atoms with Gasteiger partial charge in [-0.25, -0.2) is 4.79 Å². The van der Waals surface area contributed by atoms with E-state index in [0.29, 0.717) is 33.2 Å². The Morgan fingerprint density at radius 3 is 2.50 bits per heavy atom. The lowest BCUT2D eigenvalue weighted by Gasteiger charge is -2.47. The van der Waals surface area contributed by atoms with Gasteiger partial charge in [-0.15, -0.1) is 0 Å². The molecule has 2 aromatic rings. The van der Waals surface area contributed by atoms with Crippen LogP contribution in [0.1, 0.15) is 52.0 Å². The minimum absolute atomic E-state index is 0.110. The molecule has 3 aliphatic rings. The third kappa shape index (κ3) is 3.65. The number of piperidine rings is 2. The number of amides is 2. The number of anilines is 1. The lowest BCUT2D eigenvalue weighted by atomic mass is 9.93. The Hall–Kier alpha value is -2.25. The third-order valence-electron chi connectivity index (χ3n) is 7.50. The molecule has 7 heteroatoms. The van der Waals surface area contributed by atoms with Crippen LogP contribution in [0.5, 0.6) is 0 Å². The number of benzene rings is 2. The van der Waals surface area contributed by atoms with Crippen LogP contribution in [0.4, 0.5) is 5.69 Å². The lowest BCUT2D eigenvalue weighted by Crippen LogP contribution is -2.65. The van der Waals surface area contributed by atoms with E-state index >= 15 is 0 Å². The van der Waals surface area contributed by atoms with E-state index in [1.165, 1.54) is 0 Å². The van der Waals surface area contributed by atoms with Gasteiger partial charge in [0.25, 0.3) is 5.91 Å². The third-order valence-corrected chi connectivity index (χ3v) is 7.82. The molecule has 5 rings (SSSR count). The predicted octanol–water partition coefficient (Wildman–Crippen LogP) is 3.33. The molecule has 3 aliphatic heterocycles. The molecule has 0 saturated carbocycles. The fourth-order valence-corrected chi connectivity index (χ4v) is 5.95. The zero-order valence-corrected chi connectivity index (χ0v) is 19.0. The van der Waals surface area contributed by atoms with Gasteiger partial charge >= 0.3 is 5.91 Å². The molecule has 0 aliphatic carbocycles. The number of carbonyl (C=O) groups is 2. The van der Waals surface area contributed by atoms with Gasteiger partial charge in [0.2, 0.25) is 0 Å². The summed E-state index contributed by atoms with van der Waals surface area (Å²) in [6.45, 7) is 3.95. The topological polar surface area (TPSA) is 75.4 Å². The molecule has 2 fully saturated rings. The van der Waals surface area contributed by atoms with Crippen LogP contribution in [0.25, 0.3) is 0 Å². The molecule has 0 atom stereocenters. The van der Waals surface area contributed by atoms with Crippen LogP contribution in [0.3, 0.4) is 0 Å². The van der Waals surface area contributed by atoms with Crippen molar-refractivity contribution in [3.05, 3.63) is 64.2 Å². The molecular weight excluding hydrogens is 424 g/mol. The maximum absolute atomic E-state index is 14.0. The smallest absolute Gasteiger partial charge is 0.327 e. The van der Waals surface area contributed by atoms with Crippen molar-refractivity contribution >= 4 is 29.1 Å². The minimum Gasteiger partial charge on any atom is -0.327 e. The summed E-state index contributed by atoms with van der Waals surface area (Å²) in [7, 11) is 0. The van der Waals surface area contributed by atoms with Gasteiger partial charge < -0.3 is 16.0 Å². The number of fused-ring (bicyclic) bond motifs is 1. The van der Waals surface area contributed by atoms with Crippen molar-refractivity contribution in [2.75, 3.05) is 31.1 Å². The number of nitrogens with two attached hydrogens (primary N) is 1. The molecule has 3 N–H and O–H groups in total. The van der Waals surface area contributed by atoms with E-state index in [1.54, 1.807) is 11.0 Å². The maximum atomic E-state index is 14.0. The van der Waals surface area contributed by atoms with Crippen molar-refractivity contribution in [3.8, 4) is 0 Å². The van der Waals surface area contributed by atoms with Gasteiger partial charge in [0.1, 0.15) is 0 Å². The number of rotatable bonds is 3. The van der Waals surface area contributed by atoms with Crippen LogP contribution in [0.2, 0.25) is 5.02 Å². The van der Waals surface area contributed by atoms with E-state index in [-0.39, 0.29) is 17.9 Å². The molecule has 2 aromatic carbocycles. The number of carbonyl (C=O) groups excluding carboxylic acids is 2. The Balaban J connectivity index is 1.46. The van der Waals surface area contributed by atoms with E-state index in [0.717, 1.165) is 63.1 Å². The van der Waals surface area contributed by atoms with Gasteiger partial charge in [-0.1, -0.05) is 29.8 Å². The predicted molar refractivity (Wildman–Crippen MR) is 126 cm³/mol. The summed E-state index contributed by atoms with van der Waals surface area (Å²) in [6, 6.07) is 13.6. The highest BCUT2D eigenvalue weighted by Crippen LogP contribution is 2.35. The molecule has 0 spiro atoms. The fourth-order valence-electron chi connectivity index (χ4n) is 5.67. The van der Waals surface area contributed by atoms with E-state index in [2.05, 4.69) is 5.32 Å². The van der Waals surface area contributed by atoms with Gasteiger partial charge in [-0.3, -0.25) is 9.28 Å². The Morgan fingerprint density at radius 1 is 1.06 bits per heavy atom. The average Bonchev–Trinajstić information content (AvgIpc) is 3.17. The Labute approximate surface area is 193 Å². The first-order valence-corrected chi connectivity index (χ1v) is 11.9. The largest absolute Gasteiger partial charge is 0.346 e. The molecule has 0 aromatic heterocycles. The summed E-state index contributed by atoms with van der Waals surface area (Å²) < 4.78 is 0.485. The molecule has 2 saturated heterocycles. The van der Waals surface area contributed by atoms with Crippen molar-refractivity contribution in [1.82, 2.24) is 5.32 Å². The van der Waals surface area contributed by atoms with Crippen molar-refractivity contribution < 1.29 is 14.1 Å². The van der Waals surface area contributed by atoms with Crippen LogP contribution in [0.15, 0.2) is 42.5 Å². The molecule has 0 unspecified atom stereocenters. The van der Waals surface area contributed by atoms with Crippen LogP contribution in [-0.2, 0) is 6.54 Å². The summed E-state index contributed by atoms with van der Waals surface area (Å²) in [4.78, 5) is 28.8. The van der Waals surface area contributed by atoms with Crippen molar-refractivity contribution in [2.24, 2.45) is 5.73 Å². The molecule has 6 nitrogen and oxygen atoms in total. The Bertz CT molecular complexity index is 1040. The van der Waals surface area contributed by atoms with Gasteiger partial charge in [0, 0.05) is 50.5 Å². The highest BCUT2D eigenvalue weighted by molar-refractivity contribution is 6.35. The summed E-state index contributed by atoms with van der Waals surface area (Å²) in [5.74, 6) is 0.0502. The van der Waals surface area contributed by atoms with Crippen molar-refractivity contribution in [3.63, 3.8) is 0 Å². The first-order chi connectivity index (χ1) is 15.5. The number of likely N-dealkylation sites (tertiary alicyclic amines) is 1. The SMILES string of the molecule is NC1CC[N+](C(=O)c2cccc(N3Cc4cccc(Cl)c4C3=O)c2)(C2CCNCC2)CC1. The van der Waals surface area contributed by atoms with Gasteiger partial charge in [-0.05, 0) is 29.8 Å². The fraction of sp³-hybridized carbons (Fsp3) is 0.440. The van der Waals surface area contributed by atoms with Crippen LogP contribution >= 0.6 is 11.6 Å². The Morgan fingerprint density at radius 2 is 1.78 bits per heavy atom. The number of quaternary nitrogens is 1. The number of nitrogens with one attached hydrogen (secondary N) is 1. The number of halogens is 1. The van der Waals surface area contributed by atoms with Crippen LogP contribution in [-0.4, -0.2) is 54.6 Å². The average molecular weight is 454 g/mol. The summed E-state index contributed by atoms with van der Waals surface area (Å²) in [6.07, 6.45) is 3.74. The second-order valence-electron chi connectivity index (χ2n) is 9.32. The number of hydrogen-bond acceptors (Lipinski definition) is 4. The highest BCUT2D eigenvalue weighted by Gasteiger charge is 2.47. The van der Waals surface area contributed by atoms with Crippen LogP contribution < -0.4 is 16.0 Å². The standard InChI is InChI=1S/C25H30ClN4O2/c26-22-6-2-4-18-16-29(24(31)23(18)22)20-5-1-3-17(15-20)25(32)30(13-9-19(27)10-14-30)21-7-11-28-12-8-21/h1-6,15,19,21,28H,7-14,16,27H2/q+1. The summed E-state index contributed by atoms with van der Waals surface area (Å²) >= 11 is 6.30.